The van der Waals surface area contributed by atoms with Crippen molar-refractivity contribution in [2.45, 2.75) is 19.8 Å². The quantitative estimate of drug-likeness (QED) is 0.798. The van der Waals surface area contributed by atoms with Crippen molar-refractivity contribution in [1.82, 2.24) is 9.97 Å². The predicted octanol–water partition coefficient (Wildman–Crippen LogP) is 3.74. The van der Waals surface area contributed by atoms with Crippen molar-refractivity contribution in [3.63, 3.8) is 0 Å². The van der Waals surface area contributed by atoms with E-state index >= 15 is 0 Å². The largest absolute Gasteiger partial charge is 0.310 e. The van der Waals surface area contributed by atoms with Crippen LogP contribution in [0.25, 0.3) is 21.3 Å². The monoisotopic (exact) mass is 288 g/mol. The van der Waals surface area contributed by atoms with Gasteiger partial charge >= 0.3 is 0 Å². The highest BCUT2D eigenvalue weighted by molar-refractivity contribution is 7.17. The smallest absolute Gasteiger partial charge is 0.260 e. The molecule has 0 aliphatic rings. The molecule has 102 valence electrons. The highest BCUT2D eigenvalue weighted by atomic mass is 32.1. The maximum atomic E-state index is 13.0. The Morgan fingerprint density at radius 1 is 1.30 bits per heavy atom. The normalized spacial score (nSPS) is 11.1. The van der Waals surface area contributed by atoms with E-state index < -0.39 is 0 Å². The number of benzene rings is 1. The van der Waals surface area contributed by atoms with Crippen molar-refractivity contribution in [3.8, 4) is 11.1 Å². The van der Waals surface area contributed by atoms with Gasteiger partial charge in [-0.25, -0.2) is 9.37 Å². The molecule has 0 bridgehead atoms. The van der Waals surface area contributed by atoms with Crippen LogP contribution >= 0.6 is 11.3 Å². The third-order valence-electron chi connectivity index (χ3n) is 3.14. The van der Waals surface area contributed by atoms with Gasteiger partial charge in [-0.15, -0.1) is 11.3 Å². The molecule has 20 heavy (non-hydrogen) atoms. The highest BCUT2D eigenvalue weighted by Crippen LogP contribution is 2.30. The van der Waals surface area contributed by atoms with Crippen molar-refractivity contribution in [2.24, 2.45) is 0 Å². The zero-order valence-electron chi connectivity index (χ0n) is 10.9. The van der Waals surface area contributed by atoms with Gasteiger partial charge in [-0.3, -0.25) is 4.79 Å². The summed E-state index contributed by atoms with van der Waals surface area (Å²) in [6, 6.07) is 6.14. The van der Waals surface area contributed by atoms with E-state index in [0.29, 0.717) is 5.39 Å². The molecule has 3 rings (SSSR count). The molecule has 0 aliphatic carbocycles. The van der Waals surface area contributed by atoms with E-state index in [9.17, 15) is 9.18 Å². The SMILES string of the molecule is CCCc1nc2scc(-c3ccc(F)cc3)c2c(=O)[nH]1. The molecular formula is C15H13FN2OS. The topological polar surface area (TPSA) is 45.8 Å². The number of rotatable bonds is 3. The molecule has 3 aromatic rings. The number of fused-ring (bicyclic) bond motifs is 1. The van der Waals surface area contributed by atoms with E-state index in [0.717, 1.165) is 34.6 Å². The van der Waals surface area contributed by atoms with E-state index in [1.165, 1.54) is 23.5 Å². The van der Waals surface area contributed by atoms with Crippen LogP contribution in [-0.2, 0) is 6.42 Å². The Kier molecular flexibility index (Phi) is 3.36. The number of aromatic nitrogens is 2. The Morgan fingerprint density at radius 3 is 2.75 bits per heavy atom. The lowest BCUT2D eigenvalue weighted by molar-refractivity contribution is 0.628. The number of hydrogen-bond donors (Lipinski definition) is 1. The summed E-state index contributed by atoms with van der Waals surface area (Å²) in [5.74, 6) is 0.433. The van der Waals surface area contributed by atoms with Crippen LogP contribution in [-0.4, -0.2) is 9.97 Å². The van der Waals surface area contributed by atoms with Crippen molar-refractivity contribution in [3.05, 3.63) is 51.6 Å². The molecule has 1 aromatic carbocycles. The summed E-state index contributed by atoms with van der Waals surface area (Å²) in [4.78, 5) is 20.3. The summed E-state index contributed by atoms with van der Waals surface area (Å²) >= 11 is 1.44. The number of hydrogen-bond acceptors (Lipinski definition) is 3. The fourth-order valence-corrected chi connectivity index (χ4v) is 3.16. The van der Waals surface area contributed by atoms with Gasteiger partial charge in [-0.2, -0.15) is 0 Å². The van der Waals surface area contributed by atoms with Crippen LogP contribution in [0, 0.1) is 5.82 Å². The van der Waals surface area contributed by atoms with Crippen LogP contribution in [0.15, 0.2) is 34.4 Å². The summed E-state index contributed by atoms with van der Waals surface area (Å²) in [6.45, 7) is 2.04. The number of aryl methyl sites for hydroxylation is 1. The Balaban J connectivity index is 2.18. The molecule has 0 unspecified atom stereocenters. The van der Waals surface area contributed by atoms with Gasteiger partial charge in [0.1, 0.15) is 16.5 Å². The Labute approximate surface area is 119 Å². The molecule has 0 saturated heterocycles. The lowest BCUT2D eigenvalue weighted by atomic mass is 10.1. The van der Waals surface area contributed by atoms with Crippen LogP contribution in [0.5, 0.6) is 0 Å². The molecule has 0 aliphatic heterocycles. The van der Waals surface area contributed by atoms with Crippen LogP contribution in [0.1, 0.15) is 19.2 Å². The molecule has 0 radical (unpaired) electrons. The van der Waals surface area contributed by atoms with Gasteiger partial charge in [-0.1, -0.05) is 19.1 Å². The summed E-state index contributed by atoms with van der Waals surface area (Å²) in [5.41, 5.74) is 1.51. The number of nitrogens with zero attached hydrogens (tertiary/aromatic N) is 1. The Hall–Kier alpha value is -2.01. The van der Waals surface area contributed by atoms with Crippen molar-refractivity contribution in [2.75, 3.05) is 0 Å². The van der Waals surface area contributed by atoms with E-state index in [2.05, 4.69) is 9.97 Å². The first-order chi connectivity index (χ1) is 9.69. The van der Waals surface area contributed by atoms with E-state index in [1.807, 2.05) is 12.3 Å². The first kappa shape index (κ1) is 13.0. The molecule has 2 heterocycles. The second kappa shape index (κ2) is 5.17. The molecule has 5 heteroatoms. The standard InChI is InChI=1S/C15H13FN2OS/c1-2-3-12-17-14(19)13-11(8-20-15(13)18-12)9-4-6-10(16)7-5-9/h4-8H,2-3H2,1H3,(H,17,18,19). The van der Waals surface area contributed by atoms with Crippen LogP contribution in [0.2, 0.25) is 0 Å². The van der Waals surface area contributed by atoms with Crippen molar-refractivity contribution < 1.29 is 4.39 Å². The fourth-order valence-electron chi connectivity index (χ4n) is 2.19. The summed E-state index contributed by atoms with van der Waals surface area (Å²) in [7, 11) is 0. The Bertz CT molecular complexity index is 805. The number of thiophene rings is 1. The van der Waals surface area contributed by atoms with Gasteiger partial charge in [0.25, 0.3) is 5.56 Å². The minimum absolute atomic E-state index is 0.126. The first-order valence-electron chi connectivity index (χ1n) is 6.45. The van der Waals surface area contributed by atoms with Gasteiger partial charge in [0.15, 0.2) is 0 Å². The first-order valence-corrected chi connectivity index (χ1v) is 7.33. The summed E-state index contributed by atoms with van der Waals surface area (Å²) in [6.07, 6.45) is 1.69. The number of aromatic amines is 1. The second-order valence-electron chi connectivity index (χ2n) is 4.60. The predicted molar refractivity (Wildman–Crippen MR) is 79.6 cm³/mol. The third kappa shape index (κ3) is 2.25. The second-order valence-corrected chi connectivity index (χ2v) is 5.46. The van der Waals surface area contributed by atoms with Crippen molar-refractivity contribution in [1.29, 1.82) is 0 Å². The molecule has 1 N–H and O–H groups in total. The average molecular weight is 288 g/mol. The lowest BCUT2D eigenvalue weighted by Crippen LogP contribution is -2.11. The minimum atomic E-state index is -0.287. The molecule has 0 atom stereocenters. The number of H-pyrrole nitrogens is 1. The Morgan fingerprint density at radius 2 is 2.05 bits per heavy atom. The van der Waals surface area contributed by atoms with Crippen LogP contribution in [0.3, 0.4) is 0 Å². The molecule has 0 fully saturated rings. The summed E-state index contributed by atoms with van der Waals surface area (Å²) < 4.78 is 13.0. The average Bonchev–Trinajstić information content (AvgIpc) is 2.84. The number of halogens is 1. The van der Waals surface area contributed by atoms with Crippen molar-refractivity contribution >= 4 is 21.6 Å². The molecular weight excluding hydrogens is 275 g/mol. The maximum Gasteiger partial charge on any atom is 0.260 e. The molecule has 0 spiro atoms. The van der Waals surface area contributed by atoms with Gasteiger partial charge in [-0.05, 0) is 24.1 Å². The third-order valence-corrected chi connectivity index (χ3v) is 4.01. The maximum absolute atomic E-state index is 13.0. The lowest BCUT2D eigenvalue weighted by Gasteiger charge is -2.01. The van der Waals surface area contributed by atoms with E-state index in [1.54, 1.807) is 12.1 Å². The van der Waals surface area contributed by atoms with Gasteiger partial charge in [0.05, 0.1) is 5.39 Å². The van der Waals surface area contributed by atoms with Gasteiger partial charge in [0, 0.05) is 17.4 Å². The molecule has 3 nitrogen and oxygen atoms in total. The van der Waals surface area contributed by atoms with Crippen LogP contribution in [0.4, 0.5) is 4.39 Å². The number of nitrogens with one attached hydrogen (secondary N) is 1. The molecule has 0 saturated carbocycles. The van der Waals surface area contributed by atoms with Gasteiger partial charge in [0.2, 0.25) is 0 Å². The van der Waals surface area contributed by atoms with E-state index in [-0.39, 0.29) is 11.4 Å². The minimum Gasteiger partial charge on any atom is -0.310 e. The van der Waals surface area contributed by atoms with E-state index in [4.69, 9.17) is 0 Å². The highest BCUT2D eigenvalue weighted by Gasteiger charge is 2.12. The molecule has 2 aromatic heterocycles. The fraction of sp³-hybridized carbons (Fsp3) is 0.200. The summed E-state index contributed by atoms with van der Waals surface area (Å²) in [5, 5.41) is 2.48. The molecule has 0 amide bonds. The zero-order chi connectivity index (χ0) is 14.1. The van der Waals surface area contributed by atoms with Gasteiger partial charge < -0.3 is 4.98 Å². The van der Waals surface area contributed by atoms with Crippen LogP contribution < -0.4 is 5.56 Å². The zero-order valence-corrected chi connectivity index (χ0v) is 11.8.